The number of halogens is 2. The van der Waals surface area contributed by atoms with Crippen molar-refractivity contribution < 1.29 is 14.7 Å². The second-order valence-electron chi connectivity index (χ2n) is 4.22. The molecule has 0 saturated carbocycles. The number of benzene rings is 1. The monoisotopic (exact) mass is 360 g/mol. The molecule has 0 bridgehead atoms. The predicted molar refractivity (Wildman–Crippen MR) is 85.9 cm³/mol. The number of thiocarbonyl (C=S) groups is 1. The van der Waals surface area contributed by atoms with Gasteiger partial charge in [-0.05, 0) is 30.7 Å². The summed E-state index contributed by atoms with van der Waals surface area (Å²) in [6, 6.07) is 3.80. The number of hydrogen-bond acceptors (Lipinski definition) is 5. The second kappa shape index (κ2) is 6.36. The van der Waals surface area contributed by atoms with Crippen LogP contribution in [0.4, 0.5) is 0 Å². The van der Waals surface area contributed by atoms with Crippen molar-refractivity contribution in [1.29, 1.82) is 0 Å². The number of carbonyl (C=O) groups is 2. The molecule has 1 aliphatic rings. The van der Waals surface area contributed by atoms with Crippen LogP contribution in [0.15, 0.2) is 23.1 Å². The first-order chi connectivity index (χ1) is 9.81. The molecule has 1 aliphatic heterocycles. The lowest BCUT2D eigenvalue weighted by Gasteiger charge is -2.23. The van der Waals surface area contributed by atoms with E-state index < -0.39 is 17.9 Å². The molecule has 0 spiro atoms. The van der Waals surface area contributed by atoms with Crippen LogP contribution in [0.2, 0.25) is 10.0 Å². The van der Waals surface area contributed by atoms with E-state index in [9.17, 15) is 14.7 Å². The van der Waals surface area contributed by atoms with Gasteiger partial charge in [-0.25, -0.2) is 0 Å². The van der Waals surface area contributed by atoms with Gasteiger partial charge in [-0.3, -0.25) is 9.69 Å². The summed E-state index contributed by atoms with van der Waals surface area (Å²) < 4.78 is 0.183. The van der Waals surface area contributed by atoms with Crippen molar-refractivity contribution in [1.82, 2.24) is 4.90 Å². The fraction of sp³-hybridized carbons (Fsp3) is 0.154. The van der Waals surface area contributed by atoms with Gasteiger partial charge < -0.3 is 9.90 Å². The van der Waals surface area contributed by atoms with Gasteiger partial charge in [0.1, 0.15) is 4.32 Å². The number of hydrogen-bond donors (Lipinski definition) is 0. The van der Waals surface area contributed by atoms with E-state index in [0.717, 1.165) is 16.7 Å². The normalized spacial score (nSPS) is 18.4. The Hall–Kier alpha value is -1.08. The molecule has 1 atom stereocenters. The number of carbonyl (C=O) groups excluding carboxylic acids is 2. The van der Waals surface area contributed by atoms with Crippen molar-refractivity contribution >= 4 is 69.5 Å². The maximum atomic E-state index is 12.2. The first-order valence-corrected chi connectivity index (χ1v) is 7.72. The Labute approximate surface area is 140 Å². The minimum Gasteiger partial charge on any atom is -0.548 e. The summed E-state index contributed by atoms with van der Waals surface area (Å²) in [5.41, 5.74) is 0.672. The van der Waals surface area contributed by atoms with Crippen LogP contribution < -0.4 is 5.11 Å². The summed E-state index contributed by atoms with van der Waals surface area (Å²) in [6.07, 6.45) is 1.59. The average Bonchev–Trinajstić information content (AvgIpc) is 2.68. The molecule has 1 amide bonds. The van der Waals surface area contributed by atoms with Crippen LogP contribution in [0.5, 0.6) is 0 Å². The van der Waals surface area contributed by atoms with Gasteiger partial charge in [0, 0.05) is 0 Å². The molecule has 1 aromatic rings. The molecule has 110 valence electrons. The molecule has 1 saturated heterocycles. The molecule has 0 aromatic heterocycles. The third-order valence-corrected chi connectivity index (χ3v) is 4.86. The summed E-state index contributed by atoms with van der Waals surface area (Å²) in [5.74, 6) is -1.82. The molecule has 2 rings (SSSR count). The zero-order valence-electron chi connectivity index (χ0n) is 10.6. The second-order valence-corrected chi connectivity index (χ2v) is 6.71. The SMILES string of the molecule is C[C@@H](C(=O)[O-])N1C(=O)/C(=C/c2ccc(Cl)c(Cl)c2)SC1=S. The van der Waals surface area contributed by atoms with Crippen LogP contribution in [0.25, 0.3) is 6.08 Å². The lowest BCUT2D eigenvalue weighted by molar-refractivity contribution is -0.309. The molecule has 1 fully saturated rings. The first-order valence-electron chi connectivity index (χ1n) is 5.74. The molecular weight excluding hydrogens is 353 g/mol. The van der Waals surface area contributed by atoms with Crippen LogP contribution >= 0.6 is 47.2 Å². The Balaban J connectivity index is 2.32. The summed E-state index contributed by atoms with van der Waals surface area (Å²) >= 11 is 17.8. The average molecular weight is 361 g/mol. The Kier molecular flexibility index (Phi) is 4.93. The predicted octanol–water partition coefficient (Wildman–Crippen LogP) is 2.33. The van der Waals surface area contributed by atoms with Crippen LogP contribution in [0.1, 0.15) is 12.5 Å². The third kappa shape index (κ3) is 3.40. The minimum atomic E-state index is -1.36. The van der Waals surface area contributed by atoms with Crippen molar-refractivity contribution in [2.45, 2.75) is 13.0 Å². The van der Waals surface area contributed by atoms with E-state index >= 15 is 0 Å². The van der Waals surface area contributed by atoms with Crippen molar-refractivity contribution in [3.63, 3.8) is 0 Å². The van der Waals surface area contributed by atoms with Crippen molar-refractivity contribution in [3.8, 4) is 0 Å². The van der Waals surface area contributed by atoms with E-state index in [2.05, 4.69) is 0 Å². The largest absolute Gasteiger partial charge is 0.548 e. The van der Waals surface area contributed by atoms with E-state index in [1.807, 2.05) is 0 Å². The van der Waals surface area contributed by atoms with Gasteiger partial charge in [0.25, 0.3) is 5.91 Å². The lowest BCUT2D eigenvalue weighted by atomic mass is 10.2. The summed E-state index contributed by atoms with van der Waals surface area (Å²) in [4.78, 5) is 24.5. The molecule has 21 heavy (non-hydrogen) atoms. The molecule has 0 radical (unpaired) electrons. The molecule has 0 unspecified atom stereocenters. The van der Waals surface area contributed by atoms with Gasteiger partial charge in [-0.15, -0.1) is 0 Å². The summed E-state index contributed by atoms with van der Waals surface area (Å²) in [6.45, 7) is 1.35. The van der Waals surface area contributed by atoms with Crippen LogP contribution in [0.3, 0.4) is 0 Å². The number of carboxylic acids is 1. The van der Waals surface area contributed by atoms with Gasteiger partial charge in [-0.1, -0.05) is 53.2 Å². The summed E-state index contributed by atoms with van der Waals surface area (Å²) in [7, 11) is 0. The van der Waals surface area contributed by atoms with Crippen molar-refractivity contribution in [2.24, 2.45) is 0 Å². The summed E-state index contributed by atoms with van der Waals surface area (Å²) in [5, 5.41) is 11.7. The van der Waals surface area contributed by atoms with Crippen LogP contribution in [0, 0.1) is 0 Å². The first kappa shape index (κ1) is 16.3. The smallest absolute Gasteiger partial charge is 0.266 e. The van der Waals surface area contributed by atoms with E-state index in [1.54, 1.807) is 24.3 Å². The Morgan fingerprint density at radius 1 is 1.43 bits per heavy atom. The van der Waals surface area contributed by atoms with Gasteiger partial charge in [-0.2, -0.15) is 0 Å². The van der Waals surface area contributed by atoms with Crippen molar-refractivity contribution in [2.75, 3.05) is 0 Å². The fourth-order valence-corrected chi connectivity index (χ4v) is 3.40. The van der Waals surface area contributed by atoms with E-state index in [0.29, 0.717) is 20.5 Å². The minimum absolute atomic E-state index is 0.183. The van der Waals surface area contributed by atoms with Gasteiger partial charge in [0.05, 0.1) is 27.0 Å². The molecular formula is C13H8Cl2NO3S2-. The van der Waals surface area contributed by atoms with Crippen LogP contribution in [-0.4, -0.2) is 27.1 Å². The molecule has 1 heterocycles. The fourth-order valence-electron chi connectivity index (χ4n) is 1.67. The zero-order chi connectivity index (χ0) is 15.7. The number of rotatable bonds is 3. The zero-order valence-corrected chi connectivity index (χ0v) is 13.8. The van der Waals surface area contributed by atoms with E-state index in [1.165, 1.54) is 6.92 Å². The number of carboxylic acid groups (broad SMARTS) is 1. The molecule has 8 heteroatoms. The van der Waals surface area contributed by atoms with E-state index in [4.69, 9.17) is 35.4 Å². The molecule has 0 N–H and O–H groups in total. The Bertz CT molecular complexity index is 675. The lowest BCUT2D eigenvalue weighted by Crippen LogP contribution is -2.48. The highest BCUT2D eigenvalue weighted by Gasteiger charge is 2.35. The van der Waals surface area contributed by atoms with Gasteiger partial charge >= 0.3 is 0 Å². The maximum absolute atomic E-state index is 12.2. The Morgan fingerprint density at radius 2 is 2.10 bits per heavy atom. The van der Waals surface area contributed by atoms with E-state index in [-0.39, 0.29) is 4.32 Å². The highest BCUT2D eigenvalue weighted by Crippen LogP contribution is 2.34. The number of thioether (sulfide) groups is 1. The maximum Gasteiger partial charge on any atom is 0.266 e. The third-order valence-electron chi connectivity index (χ3n) is 2.79. The van der Waals surface area contributed by atoms with Crippen molar-refractivity contribution in [3.05, 3.63) is 38.7 Å². The number of aliphatic carboxylic acids is 1. The standard InChI is InChI=1S/C13H9Cl2NO3S2/c1-6(12(18)19)16-11(17)10(21-13(16)20)5-7-2-3-8(14)9(15)4-7/h2-6H,1H3,(H,18,19)/p-1/b10-5-/t6-/m0/s1. The molecule has 0 aliphatic carbocycles. The molecule has 1 aromatic carbocycles. The highest BCUT2D eigenvalue weighted by atomic mass is 35.5. The topological polar surface area (TPSA) is 60.4 Å². The number of amides is 1. The van der Waals surface area contributed by atoms with Gasteiger partial charge in [0.15, 0.2) is 0 Å². The number of nitrogens with zero attached hydrogens (tertiary/aromatic N) is 1. The highest BCUT2D eigenvalue weighted by molar-refractivity contribution is 8.26. The molecule has 4 nitrogen and oxygen atoms in total. The van der Waals surface area contributed by atoms with Crippen LogP contribution in [-0.2, 0) is 9.59 Å². The quantitative estimate of drug-likeness (QED) is 0.611. The Morgan fingerprint density at radius 3 is 2.67 bits per heavy atom. The van der Waals surface area contributed by atoms with Gasteiger partial charge in [0.2, 0.25) is 0 Å².